The van der Waals surface area contributed by atoms with Gasteiger partial charge in [-0.25, -0.2) is 4.79 Å². The van der Waals surface area contributed by atoms with Crippen LogP contribution in [0.5, 0.6) is 0 Å². The highest BCUT2D eigenvalue weighted by molar-refractivity contribution is 6.21. The summed E-state index contributed by atoms with van der Waals surface area (Å²) in [6.45, 7) is 4.02. The van der Waals surface area contributed by atoms with Crippen LogP contribution in [0.4, 0.5) is 5.69 Å². The van der Waals surface area contributed by atoms with Crippen molar-refractivity contribution >= 4 is 23.5 Å². The van der Waals surface area contributed by atoms with Gasteiger partial charge in [0.2, 0.25) is 0 Å². The molecule has 0 spiro atoms. The minimum atomic E-state index is -0.583. The van der Waals surface area contributed by atoms with Crippen LogP contribution in [0.15, 0.2) is 48.5 Å². The molecule has 2 aromatic carbocycles. The van der Waals surface area contributed by atoms with E-state index >= 15 is 0 Å². The number of nitro benzene ring substituents is 1. The Morgan fingerprint density at radius 3 is 2.19 bits per heavy atom. The summed E-state index contributed by atoms with van der Waals surface area (Å²) < 4.78 is 5.65. The fraction of sp³-hybridized carbons (Fsp3) is 0.348. The highest BCUT2D eigenvalue weighted by Crippen LogP contribution is 2.42. The number of carbonyl (C=O) groups excluding carboxylic acids is 3. The van der Waals surface area contributed by atoms with E-state index in [2.05, 4.69) is 0 Å². The molecule has 2 amide bonds. The van der Waals surface area contributed by atoms with Crippen LogP contribution in [0.2, 0.25) is 0 Å². The highest BCUT2D eigenvalue weighted by atomic mass is 16.6. The molecule has 2 aliphatic rings. The molecule has 8 nitrogen and oxygen atoms in total. The minimum absolute atomic E-state index is 0.110. The highest BCUT2D eigenvalue weighted by Gasteiger charge is 2.48. The third-order valence-corrected chi connectivity index (χ3v) is 6.22. The summed E-state index contributed by atoms with van der Waals surface area (Å²) >= 11 is 0. The van der Waals surface area contributed by atoms with Gasteiger partial charge < -0.3 is 4.74 Å². The van der Waals surface area contributed by atoms with E-state index in [0.717, 1.165) is 0 Å². The Morgan fingerprint density at radius 1 is 1.06 bits per heavy atom. The first-order valence-electron chi connectivity index (χ1n) is 10.1. The van der Waals surface area contributed by atoms with Crippen LogP contribution in [0, 0.1) is 15.5 Å². The molecule has 0 bridgehead atoms. The van der Waals surface area contributed by atoms with Crippen molar-refractivity contribution in [3.05, 3.63) is 75.3 Å². The molecule has 0 N–H and O–H groups in total. The first kappa shape index (κ1) is 20.7. The van der Waals surface area contributed by atoms with Gasteiger partial charge in [0.1, 0.15) is 6.10 Å². The molecule has 1 fully saturated rings. The number of esters is 1. The zero-order valence-electron chi connectivity index (χ0n) is 17.2. The summed E-state index contributed by atoms with van der Waals surface area (Å²) in [5, 5.41) is 10.8. The summed E-state index contributed by atoms with van der Waals surface area (Å²) in [7, 11) is 0. The molecular formula is C23H22N2O6. The summed E-state index contributed by atoms with van der Waals surface area (Å²) in [5.41, 5.74) is 0.569. The molecule has 2 atom stereocenters. The number of benzene rings is 2. The van der Waals surface area contributed by atoms with Crippen LogP contribution in [0.3, 0.4) is 0 Å². The molecule has 0 aromatic heterocycles. The molecule has 1 aliphatic heterocycles. The van der Waals surface area contributed by atoms with E-state index in [4.69, 9.17) is 4.74 Å². The Morgan fingerprint density at radius 2 is 1.65 bits per heavy atom. The molecule has 1 heterocycles. The maximum atomic E-state index is 13.0. The number of carbonyl (C=O) groups is 3. The van der Waals surface area contributed by atoms with Gasteiger partial charge in [-0.3, -0.25) is 24.6 Å². The van der Waals surface area contributed by atoms with E-state index in [1.807, 2.05) is 13.8 Å². The number of fused-ring (bicyclic) bond motifs is 1. The van der Waals surface area contributed by atoms with Crippen molar-refractivity contribution in [2.24, 2.45) is 5.41 Å². The van der Waals surface area contributed by atoms with Gasteiger partial charge in [0.25, 0.3) is 17.5 Å². The number of imide groups is 1. The molecule has 4 rings (SSSR count). The Balaban J connectivity index is 1.51. The van der Waals surface area contributed by atoms with Crippen LogP contribution >= 0.6 is 0 Å². The molecule has 0 radical (unpaired) electrons. The van der Waals surface area contributed by atoms with Gasteiger partial charge in [-0.1, -0.05) is 26.0 Å². The molecule has 8 heteroatoms. The van der Waals surface area contributed by atoms with Crippen molar-refractivity contribution in [1.29, 1.82) is 0 Å². The molecule has 31 heavy (non-hydrogen) atoms. The second-order valence-corrected chi connectivity index (χ2v) is 8.64. The SMILES string of the molecule is CC1(C)CCC(OC(=O)c2ccc([N+](=O)[O-])cc2)CC1N1C(=O)c2ccccc2C1=O. The molecule has 1 saturated carbocycles. The normalized spacial score (nSPS) is 22.2. The largest absolute Gasteiger partial charge is 0.459 e. The van der Waals surface area contributed by atoms with E-state index in [9.17, 15) is 24.5 Å². The third kappa shape index (κ3) is 3.69. The second kappa shape index (κ2) is 7.61. The zero-order chi connectivity index (χ0) is 22.3. The quantitative estimate of drug-likeness (QED) is 0.319. The van der Waals surface area contributed by atoms with E-state index in [-0.39, 0.29) is 28.5 Å². The standard InChI is InChI=1S/C23H22N2O6/c1-23(2)12-11-16(31-22(28)14-7-9-15(10-8-14)25(29)30)13-19(23)24-20(26)17-5-3-4-6-18(17)21(24)27/h3-10,16,19H,11-13H2,1-2H3. The number of rotatable bonds is 4. The fourth-order valence-corrected chi connectivity index (χ4v) is 4.38. The molecule has 0 saturated heterocycles. The van der Waals surface area contributed by atoms with Crippen molar-refractivity contribution in [1.82, 2.24) is 4.90 Å². The Bertz CT molecular complexity index is 1040. The molecule has 160 valence electrons. The fourth-order valence-electron chi connectivity index (χ4n) is 4.38. The maximum absolute atomic E-state index is 13.0. The predicted molar refractivity (Wildman–Crippen MR) is 111 cm³/mol. The Labute approximate surface area is 179 Å². The third-order valence-electron chi connectivity index (χ3n) is 6.22. The monoisotopic (exact) mass is 422 g/mol. The van der Waals surface area contributed by atoms with Crippen LogP contribution in [-0.4, -0.2) is 39.8 Å². The van der Waals surface area contributed by atoms with E-state index in [0.29, 0.717) is 30.4 Å². The summed E-state index contributed by atoms with van der Waals surface area (Å²) in [6, 6.07) is 11.6. The first-order valence-corrected chi connectivity index (χ1v) is 10.1. The summed E-state index contributed by atoms with van der Waals surface area (Å²) in [6.07, 6.45) is 1.15. The minimum Gasteiger partial charge on any atom is -0.459 e. The number of nitro groups is 1. The molecule has 1 aliphatic carbocycles. The first-order chi connectivity index (χ1) is 14.7. The lowest BCUT2D eigenvalue weighted by atomic mass is 9.71. The van der Waals surface area contributed by atoms with Crippen molar-refractivity contribution in [2.75, 3.05) is 0 Å². The van der Waals surface area contributed by atoms with Gasteiger partial charge in [0, 0.05) is 24.6 Å². The number of nitrogens with zero attached hydrogens (tertiary/aromatic N) is 2. The van der Waals surface area contributed by atoms with Crippen molar-refractivity contribution < 1.29 is 24.0 Å². The lowest BCUT2D eigenvalue weighted by Gasteiger charge is -2.45. The topological polar surface area (TPSA) is 107 Å². The van der Waals surface area contributed by atoms with Gasteiger partial charge in [0.05, 0.1) is 21.6 Å². The van der Waals surface area contributed by atoms with Crippen LogP contribution in [0.1, 0.15) is 64.2 Å². The predicted octanol–water partition coefficient (Wildman–Crippen LogP) is 4.00. The second-order valence-electron chi connectivity index (χ2n) is 8.64. The number of ether oxygens (including phenoxy) is 1. The van der Waals surface area contributed by atoms with E-state index < -0.39 is 23.0 Å². The van der Waals surface area contributed by atoms with Crippen molar-refractivity contribution in [2.45, 2.75) is 45.3 Å². The van der Waals surface area contributed by atoms with Crippen molar-refractivity contribution in [3.63, 3.8) is 0 Å². The molecular weight excluding hydrogens is 400 g/mol. The molecule has 2 unspecified atom stereocenters. The van der Waals surface area contributed by atoms with Crippen LogP contribution in [-0.2, 0) is 4.74 Å². The average molecular weight is 422 g/mol. The number of hydrogen-bond donors (Lipinski definition) is 0. The lowest BCUT2D eigenvalue weighted by molar-refractivity contribution is -0.384. The number of amides is 2. The van der Waals surface area contributed by atoms with Gasteiger partial charge in [0.15, 0.2) is 0 Å². The Hall–Kier alpha value is -3.55. The smallest absolute Gasteiger partial charge is 0.338 e. The lowest BCUT2D eigenvalue weighted by Crippen LogP contribution is -2.52. The molecule has 2 aromatic rings. The Kier molecular flexibility index (Phi) is 5.08. The van der Waals surface area contributed by atoms with E-state index in [1.165, 1.54) is 29.2 Å². The average Bonchev–Trinajstić information content (AvgIpc) is 3.00. The number of hydrogen-bond acceptors (Lipinski definition) is 6. The van der Waals surface area contributed by atoms with Crippen LogP contribution in [0.25, 0.3) is 0 Å². The van der Waals surface area contributed by atoms with Crippen molar-refractivity contribution in [3.8, 4) is 0 Å². The van der Waals surface area contributed by atoms with Gasteiger partial charge in [-0.15, -0.1) is 0 Å². The van der Waals surface area contributed by atoms with Crippen LogP contribution < -0.4 is 0 Å². The summed E-state index contributed by atoms with van der Waals surface area (Å²) in [5.74, 6) is -1.22. The summed E-state index contributed by atoms with van der Waals surface area (Å²) in [4.78, 5) is 50.1. The van der Waals surface area contributed by atoms with E-state index in [1.54, 1.807) is 24.3 Å². The number of non-ortho nitro benzene ring substituents is 1. The zero-order valence-corrected chi connectivity index (χ0v) is 17.2. The maximum Gasteiger partial charge on any atom is 0.338 e. The van der Waals surface area contributed by atoms with Gasteiger partial charge >= 0.3 is 5.97 Å². The van der Waals surface area contributed by atoms with Gasteiger partial charge in [-0.05, 0) is 42.5 Å². The van der Waals surface area contributed by atoms with Gasteiger partial charge in [-0.2, -0.15) is 0 Å².